The molecule has 32 heavy (non-hydrogen) atoms. The summed E-state index contributed by atoms with van der Waals surface area (Å²) in [5.41, 5.74) is 0.375. The molecule has 6 heteroatoms. The van der Waals surface area contributed by atoms with Crippen molar-refractivity contribution in [2.45, 2.75) is 90.1 Å². The summed E-state index contributed by atoms with van der Waals surface area (Å²) in [4.78, 5) is 30.4. The molecule has 0 radical (unpaired) electrons. The molecule has 0 spiro atoms. The van der Waals surface area contributed by atoms with Crippen LogP contribution in [0.5, 0.6) is 0 Å². The van der Waals surface area contributed by atoms with E-state index in [2.05, 4.69) is 23.6 Å². The van der Waals surface area contributed by atoms with Gasteiger partial charge in [-0.15, -0.1) is 0 Å². The normalized spacial score (nSPS) is 22.0. The molecule has 0 aromatic rings. The van der Waals surface area contributed by atoms with E-state index in [0.29, 0.717) is 12.1 Å². The van der Waals surface area contributed by atoms with E-state index in [1.807, 2.05) is 12.4 Å². The first-order valence-electron chi connectivity index (χ1n) is 12.2. The van der Waals surface area contributed by atoms with Gasteiger partial charge in [-0.1, -0.05) is 61.7 Å². The molecule has 2 saturated carbocycles. The first-order valence-corrected chi connectivity index (χ1v) is 13.0. The van der Waals surface area contributed by atoms with Crippen LogP contribution in [0.3, 0.4) is 0 Å². The number of rotatable bonds is 8. The Hall–Kier alpha value is -1.52. The minimum absolute atomic E-state index is 0.0456. The van der Waals surface area contributed by atoms with Gasteiger partial charge in [0.25, 0.3) is 0 Å². The number of carbonyl (C=O) groups excluding carboxylic acids is 2. The third-order valence-corrected chi connectivity index (χ3v) is 7.79. The third-order valence-electron chi connectivity index (χ3n) is 7.04. The Bertz CT molecular complexity index is 748. The second kappa shape index (κ2) is 12.1. The lowest BCUT2D eigenvalue weighted by Crippen LogP contribution is -2.32. The summed E-state index contributed by atoms with van der Waals surface area (Å²) < 4.78 is 0. The maximum atomic E-state index is 13.0. The van der Waals surface area contributed by atoms with E-state index in [-0.39, 0.29) is 32.8 Å². The van der Waals surface area contributed by atoms with E-state index in [1.54, 1.807) is 12.2 Å². The Balaban J connectivity index is 1.75. The topological polar surface area (TPSA) is 40.6 Å². The molecular formula is C26H36Cl2N2O2. The zero-order valence-electron chi connectivity index (χ0n) is 19.4. The van der Waals surface area contributed by atoms with Crippen LogP contribution in [0.15, 0.2) is 45.8 Å². The highest BCUT2D eigenvalue weighted by Crippen LogP contribution is 2.32. The van der Waals surface area contributed by atoms with Gasteiger partial charge < -0.3 is 9.80 Å². The molecule has 176 valence electrons. The zero-order chi connectivity index (χ0) is 23.1. The number of ketones is 2. The van der Waals surface area contributed by atoms with E-state index >= 15 is 0 Å². The molecule has 0 amide bonds. The van der Waals surface area contributed by atoms with Gasteiger partial charge in [0.05, 0.1) is 10.1 Å². The van der Waals surface area contributed by atoms with E-state index < -0.39 is 0 Å². The zero-order valence-corrected chi connectivity index (χ0v) is 20.9. The molecule has 4 nitrogen and oxygen atoms in total. The van der Waals surface area contributed by atoms with Crippen molar-refractivity contribution in [3.05, 3.63) is 45.8 Å². The summed E-state index contributed by atoms with van der Waals surface area (Å²) in [5.74, 6) is -0.764. The number of hydrogen-bond acceptors (Lipinski definition) is 4. The second-order valence-electron chi connectivity index (χ2n) is 8.99. The molecule has 0 heterocycles. The smallest absolute Gasteiger partial charge is 0.206 e. The molecule has 3 aliphatic rings. The maximum Gasteiger partial charge on any atom is 0.206 e. The number of allylic oxidation sites excluding steroid dienone is 6. The predicted octanol–water partition coefficient (Wildman–Crippen LogP) is 6.46. The Kier molecular flexibility index (Phi) is 9.48. The molecule has 0 aliphatic heterocycles. The summed E-state index contributed by atoms with van der Waals surface area (Å²) in [7, 11) is 0. The fourth-order valence-corrected chi connectivity index (χ4v) is 5.62. The van der Waals surface area contributed by atoms with Gasteiger partial charge in [-0.25, -0.2) is 0 Å². The lowest BCUT2D eigenvalue weighted by atomic mass is 9.93. The first-order chi connectivity index (χ1) is 15.5. The first kappa shape index (κ1) is 25.1. The van der Waals surface area contributed by atoms with Gasteiger partial charge in [0.1, 0.15) is 0 Å². The van der Waals surface area contributed by atoms with Crippen molar-refractivity contribution in [3.8, 4) is 0 Å². The van der Waals surface area contributed by atoms with Crippen molar-refractivity contribution >= 4 is 34.8 Å². The van der Waals surface area contributed by atoms with Crippen LogP contribution in [-0.4, -0.2) is 46.5 Å². The molecule has 0 aromatic heterocycles. The van der Waals surface area contributed by atoms with Gasteiger partial charge in [0.2, 0.25) is 11.6 Å². The van der Waals surface area contributed by atoms with Crippen LogP contribution in [0.1, 0.15) is 78.1 Å². The van der Waals surface area contributed by atoms with Gasteiger partial charge in [0, 0.05) is 48.7 Å². The van der Waals surface area contributed by atoms with Crippen LogP contribution in [0.25, 0.3) is 0 Å². The fourth-order valence-electron chi connectivity index (χ4n) is 5.11. The monoisotopic (exact) mass is 478 g/mol. The van der Waals surface area contributed by atoms with Crippen LogP contribution in [0.2, 0.25) is 0 Å². The van der Waals surface area contributed by atoms with Crippen molar-refractivity contribution in [1.29, 1.82) is 0 Å². The second-order valence-corrected chi connectivity index (χ2v) is 9.75. The van der Waals surface area contributed by atoms with Gasteiger partial charge in [-0.2, -0.15) is 0 Å². The molecular weight excluding hydrogens is 443 g/mol. The van der Waals surface area contributed by atoms with Gasteiger partial charge in [-0.05, 0) is 51.7 Å². The van der Waals surface area contributed by atoms with E-state index in [0.717, 1.165) is 38.8 Å². The number of halogens is 2. The highest BCUT2D eigenvalue weighted by atomic mass is 35.5. The summed E-state index contributed by atoms with van der Waals surface area (Å²) >= 11 is 12.8. The number of hydrogen-bond donors (Lipinski definition) is 0. The molecule has 0 bridgehead atoms. The Labute approximate surface area is 203 Å². The largest absolute Gasteiger partial charge is 0.375 e. The molecule has 3 rings (SSSR count). The summed E-state index contributed by atoms with van der Waals surface area (Å²) in [6.07, 6.45) is 19.3. The van der Waals surface area contributed by atoms with Crippen LogP contribution in [0, 0.1) is 0 Å². The van der Waals surface area contributed by atoms with Crippen molar-refractivity contribution in [2.75, 3.05) is 13.1 Å². The van der Waals surface area contributed by atoms with Crippen molar-refractivity contribution in [1.82, 2.24) is 9.80 Å². The van der Waals surface area contributed by atoms with Gasteiger partial charge >= 0.3 is 0 Å². The van der Waals surface area contributed by atoms with Gasteiger partial charge in [-0.3, -0.25) is 9.59 Å². The Morgan fingerprint density at radius 2 is 1.03 bits per heavy atom. The summed E-state index contributed by atoms with van der Waals surface area (Å²) in [6.45, 7) is 5.90. The number of carbonyl (C=O) groups is 2. The molecule has 0 unspecified atom stereocenters. The lowest BCUT2D eigenvalue weighted by Gasteiger charge is -2.33. The molecule has 0 atom stereocenters. The van der Waals surface area contributed by atoms with Crippen molar-refractivity contribution in [2.24, 2.45) is 0 Å². The number of nitrogens with zero attached hydrogens (tertiary/aromatic N) is 2. The molecule has 2 fully saturated rings. The van der Waals surface area contributed by atoms with Crippen LogP contribution in [0.4, 0.5) is 0 Å². The standard InChI is InChI=1S/C26H36Cl2N2O2/c1-3-29(19-11-7-5-8-12-19)17-15-21-23(27)26(32)22(24(28)25(21)31)16-18-30(4-2)20-13-9-6-10-14-20/h15-20H,3-14H2,1-2H3/b17-15+,18-16+. The molecule has 3 aliphatic carbocycles. The van der Waals surface area contributed by atoms with E-state index in [9.17, 15) is 9.59 Å². The molecule has 0 aromatic carbocycles. The Morgan fingerprint density at radius 3 is 1.34 bits per heavy atom. The lowest BCUT2D eigenvalue weighted by molar-refractivity contribution is -0.115. The van der Waals surface area contributed by atoms with E-state index in [1.165, 1.54) is 38.5 Å². The minimum atomic E-state index is -0.382. The van der Waals surface area contributed by atoms with Crippen LogP contribution >= 0.6 is 23.2 Å². The summed E-state index contributed by atoms with van der Waals surface area (Å²) in [6, 6.07) is 0.950. The predicted molar refractivity (Wildman–Crippen MR) is 133 cm³/mol. The minimum Gasteiger partial charge on any atom is -0.375 e. The van der Waals surface area contributed by atoms with E-state index in [4.69, 9.17) is 23.2 Å². The highest BCUT2D eigenvalue weighted by molar-refractivity contribution is 6.56. The van der Waals surface area contributed by atoms with Crippen molar-refractivity contribution in [3.63, 3.8) is 0 Å². The molecule has 0 saturated heterocycles. The number of Topliss-reactive ketones (excluding diaryl/α,β-unsaturated/α-hetero) is 2. The molecule has 0 N–H and O–H groups in total. The third kappa shape index (κ3) is 5.88. The fraction of sp³-hybridized carbons (Fsp3) is 0.615. The summed E-state index contributed by atoms with van der Waals surface area (Å²) in [5, 5.41) is -0.0913. The quantitative estimate of drug-likeness (QED) is 0.375. The van der Waals surface area contributed by atoms with Crippen molar-refractivity contribution < 1.29 is 9.59 Å². The Morgan fingerprint density at radius 1 is 0.688 bits per heavy atom. The highest BCUT2D eigenvalue weighted by Gasteiger charge is 2.31. The average Bonchev–Trinajstić information content (AvgIpc) is 2.83. The van der Waals surface area contributed by atoms with Crippen LogP contribution in [-0.2, 0) is 9.59 Å². The SMILES string of the molecule is CCN(/C=C/C1=C(Cl)C(=O)C(/C=C/N(CC)C2CCCCC2)=C(Cl)C1=O)C1CCCCC1. The van der Waals surface area contributed by atoms with Crippen LogP contribution < -0.4 is 0 Å². The maximum absolute atomic E-state index is 13.0. The average molecular weight is 479 g/mol. The van der Waals surface area contributed by atoms with Gasteiger partial charge in [0.15, 0.2) is 0 Å².